The number of carbonyl (C=O) groups excluding carboxylic acids is 1. The van der Waals surface area contributed by atoms with Crippen LogP contribution in [0, 0.1) is 0 Å². The molecular formula is C18H23ClN2O4S. The van der Waals surface area contributed by atoms with Crippen LogP contribution >= 0.6 is 12.4 Å². The number of esters is 1. The van der Waals surface area contributed by atoms with Crippen molar-refractivity contribution in [3.63, 3.8) is 0 Å². The molecule has 0 saturated heterocycles. The van der Waals surface area contributed by atoms with Crippen LogP contribution in [0.5, 0.6) is 0 Å². The number of sulfonamides is 1. The van der Waals surface area contributed by atoms with E-state index < -0.39 is 16.0 Å². The van der Waals surface area contributed by atoms with Gasteiger partial charge in [0, 0.05) is 19.6 Å². The van der Waals surface area contributed by atoms with Crippen LogP contribution < -0.4 is 5.73 Å². The van der Waals surface area contributed by atoms with E-state index in [0.717, 1.165) is 5.56 Å². The van der Waals surface area contributed by atoms with E-state index in [1.807, 2.05) is 30.3 Å². The lowest BCUT2D eigenvalue weighted by molar-refractivity contribution is 0.0600. The van der Waals surface area contributed by atoms with Gasteiger partial charge in [0.1, 0.15) is 0 Å². The van der Waals surface area contributed by atoms with Crippen LogP contribution in [-0.2, 0) is 21.2 Å². The minimum absolute atomic E-state index is 0. The van der Waals surface area contributed by atoms with Gasteiger partial charge in [0.05, 0.1) is 17.6 Å². The molecule has 0 fully saturated rings. The predicted octanol–water partition coefficient (Wildman–Crippen LogP) is 2.09. The van der Waals surface area contributed by atoms with Crippen molar-refractivity contribution in [3.05, 3.63) is 65.7 Å². The van der Waals surface area contributed by atoms with Gasteiger partial charge < -0.3 is 10.5 Å². The van der Waals surface area contributed by atoms with E-state index in [-0.39, 0.29) is 30.4 Å². The Morgan fingerprint density at radius 3 is 2.19 bits per heavy atom. The highest BCUT2D eigenvalue weighted by atomic mass is 35.5. The fourth-order valence-corrected chi connectivity index (χ4v) is 3.88. The molecule has 8 heteroatoms. The smallest absolute Gasteiger partial charge is 0.337 e. The highest BCUT2D eigenvalue weighted by Gasteiger charge is 2.24. The third kappa shape index (κ3) is 5.54. The van der Waals surface area contributed by atoms with Gasteiger partial charge in [-0.15, -0.1) is 12.4 Å². The average molecular weight is 399 g/mol. The van der Waals surface area contributed by atoms with E-state index >= 15 is 0 Å². The molecule has 0 unspecified atom stereocenters. The molecule has 26 heavy (non-hydrogen) atoms. The molecule has 0 radical (unpaired) electrons. The molecule has 2 aromatic rings. The van der Waals surface area contributed by atoms with E-state index in [1.165, 1.54) is 35.7 Å². The zero-order valence-corrected chi connectivity index (χ0v) is 16.1. The summed E-state index contributed by atoms with van der Waals surface area (Å²) in [5.41, 5.74) is 6.95. The molecule has 142 valence electrons. The van der Waals surface area contributed by atoms with Crippen LogP contribution in [0.3, 0.4) is 0 Å². The van der Waals surface area contributed by atoms with Gasteiger partial charge in [-0.1, -0.05) is 30.3 Å². The Morgan fingerprint density at radius 1 is 1.04 bits per heavy atom. The van der Waals surface area contributed by atoms with Crippen LogP contribution in [0.1, 0.15) is 15.9 Å². The second-order valence-electron chi connectivity index (χ2n) is 5.44. The molecule has 0 aliphatic rings. The van der Waals surface area contributed by atoms with E-state index in [2.05, 4.69) is 4.74 Å². The summed E-state index contributed by atoms with van der Waals surface area (Å²) in [6, 6.07) is 15.4. The number of rotatable bonds is 8. The maximum absolute atomic E-state index is 12.8. The lowest BCUT2D eigenvalue weighted by atomic mass is 10.1. The fraction of sp³-hybridized carbons (Fsp3) is 0.278. The van der Waals surface area contributed by atoms with Gasteiger partial charge in [0.25, 0.3) is 0 Å². The lowest BCUT2D eigenvalue weighted by Gasteiger charge is -2.21. The standard InChI is InChI=1S/C18H22N2O4S.ClH/c1-24-18(21)16-7-9-17(10-8-16)25(22,23)20(14-12-19)13-11-15-5-3-2-4-6-15;/h2-10H,11-14,19H2,1H3;1H. The first-order valence-corrected chi connectivity index (χ1v) is 9.35. The van der Waals surface area contributed by atoms with Crippen molar-refractivity contribution in [2.24, 2.45) is 5.73 Å². The largest absolute Gasteiger partial charge is 0.465 e. The molecule has 0 amide bonds. The Labute approximate surface area is 160 Å². The third-order valence-electron chi connectivity index (χ3n) is 3.78. The number of methoxy groups -OCH3 is 1. The van der Waals surface area contributed by atoms with Crippen molar-refractivity contribution in [3.8, 4) is 0 Å². The van der Waals surface area contributed by atoms with E-state index in [1.54, 1.807) is 0 Å². The maximum Gasteiger partial charge on any atom is 0.337 e. The second-order valence-corrected chi connectivity index (χ2v) is 7.38. The average Bonchev–Trinajstić information content (AvgIpc) is 2.65. The molecule has 6 nitrogen and oxygen atoms in total. The summed E-state index contributed by atoms with van der Waals surface area (Å²) in [5.74, 6) is -0.508. The first kappa shape index (κ1) is 22.1. The number of benzene rings is 2. The van der Waals surface area contributed by atoms with Crippen molar-refractivity contribution in [2.45, 2.75) is 11.3 Å². The van der Waals surface area contributed by atoms with Gasteiger partial charge in [0.15, 0.2) is 0 Å². The van der Waals surface area contributed by atoms with E-state index in [4.69, 9.17) is 5.73 Å². The van der Waals surface area contributed by atoms with Crippen LogP contribution in [-0.4, -0.2) is 45.4 Å². The highest BCUT2D eigenvalue weighted by Crippen LogP contribution is 2.17. The molecular weight excluding hydrogens is 376 g/mol. The number of carbonyl (C=O) groups is 1. The van der Waals surface area contributed by atoms with Gasteiger partial charge in [0.2, 0.25) is 10.0 Å². The molecule has 0 aliphatic heterocycles. The molecule has 0 saturated carbocycles. The molecule has 0 atom stereocenters. The van der Waals surface area contributed by atoms with E-state index in [0.29, 0.717) is 18.5 Å². The van der Waals surface area contributed by atoms with Crippen molar-refractivity contribution >= 4 is 28.4 Å². The van der Waals surface area contributed by atoms with Gasteiger partial charge in [-0.3, -0.25) is 0 Å². The van der Waals surface area contributed by atoms with Gasteiger partial charge in [-0.05, 0) is 36.2 Å². The Hall–Kier alpha value is -1.93. The van der Waals surface area contributed by atoms with E-state index in [9.17, 15) is 13.2 Å². The van der Waals surface area contributed by atoms with Crippen molar-refractivity contribution < 1.29 is 17.9 Å². The number of ether oxygens (including phenoxy) is 1. The SMILES string of the molecule is COC(=O)c1ccc(S(=O)(=O)N(CCN)CCc2ccccc2)cc1.Cl. The molecule has 0 aromatic heterocycles. The molecule has 0 spiro atoms. The quantitative estimate of drug-likeness (QED) is 0.687. The summed E-state index contributed by atoms with van der Waals surface area (Å²) in [4.78, 5) is 11.6. The van der Waals surface area contributed by atoms with Crippen molar-refractivity contribution in [1.82, 2.24) is 4.31 Å². The summed E-state index contributed by atoms with van der Waals surface area (Å²) < 4.78 is 31.7. The molecule has 0 aliphatic carbocycles. The van der Waals surface area contributed by atoms with Crippen LogP contribution in [0.4, 0.5) is 0 Å². The Bertz CT molecular complexity index is 796. The lowest BCUT2D eigenvalue weighted by Crippen LogP contribution is -2.36. The Morgan fingerprint density at radius 2 is 1.65 bits per heavy atom. The summed E-state index contributed by atoms with van der Waals surface area (Å²) >= 11 is 0. The summed E-state index contributed by atoms with van der Waals surface area (Å²) in [6.07, 6.45) is 0.598. The summed E-state index contributed by atoms with van der Waals surface area (Å²) in [7, 11) is -2.40. The van der Waals surface area contributed by atoms with Crippen LogP contribution in [0.25, 0.3) is 0 Å². The molecule has 2 N–H and O–H groups in total. The first-order valence-electron chi connectivity index (χ1n) is 7.91. The number of hydrogen-bond donors (Lipinski definition) is 1. The van der Waals surface area contributed by atoms with Crippen molar-refractivity contribution in [1.29, 1.82) is 0 Å². The topological polar surface area (TPSA) is 89.7 Å². The van der Waals surface area contributed by atoms with Gasteiger partial charge in [-0.2, -0.15) is 4.31 Å². The number of hydrogen-bond acceptors (Lipinski definition) is 5. The normalized spacial score (nSPS) is 11.0. The molecule has 0 bridgehead atoms. The maximum atomic E-state index is 12.8. The highest BCUT2D eigenvalue weighted by molar-refractivity contribution is 7.89. The number of nitrogens with two attached hydrogens (primary N) is 1. The van der Waals surface area contributed by atoms with Crippen LogP contribution in [0.15, 0.2) is 59.5 Å². The Balaban J connectivity index is 0.00000338. The first-order chi connectivity index (χ1) is 12.0. The summed E-state index contributed by atoms with van der Waals surface area (Å²) in [5, 5.41) is 0. The van der Waals surface area contributed by atoms with Crippen LogP contribution in [0.2, 0.25) is 0 Å². The molecule has 0 heterocycles. The second kappa shape index (κ2) is 10.3. The van der Waals surface area contributed by atoms with Gasteiger partial charge >= 0.3 is 5.97 Å². The zero-order chi connectivity index (χ0) is 18.3. The summed E-state index contributed by atoms with van der Waals surface area (Å²) in [6.45, 7) is 0.796. The minimum Gasteiger partial charge on any atom is -0.465 e. The molecule has 2 rings (SSSR count). The zero-order valence-electron chi connectivity index (χ0n) is 14.5. The Kier molecular flexibility index (Phi) is 8.74. The van der Waals surface area contributed by atoms with Crippen molar-refractivity contribution in [2.75, 3.05) is 26.7 Å². The monoisotopic (exact) mass is 398 g/mol. The number of nitrogens with zero attached hydrogens (tertiary/aromatic N) is 1. The predicted molar refractivity (Wildman–Crippen MR) is 103 cm³/mol. The van der Waals surface area contributed by atoms with Gasteiger partial charge in [-0.25, -0.2) is 13.2 Å². The third-order valence-corrected chi connectivity index (χ3v) is 5.70. The molecule has 2 aromatic carbocycles. The fourth-order valence-electron chi connectivity index (χ4n) is 2.42. The number of halogens is 1. The minimum atomic E-state index is -3.68.